The zero-order chi connectivity index (χ0) is 16.2. The smallest absolute Gasteiger partial charge is 0.155 e. The first-order valence-electron chi connectivity index (χ1n) is 9.83. The number of halogens is 2. The van der Waals surface area contributed by atoms with Gasteiger partial charge in [-0.3, -0.25) is 0 Å². The molecule has 2 saturated carbocycles. The predicted octanol–water partition coefficient (Wildman–Crippen LogP) is 6.92. The normalized spacial score (nSPS) is 38.8. The van der Waals surface area contributed by atoms with E-state index in [-0.39, 0.29) is 6.42 Å². The first-order valence-corrected chi connectivity index (χ1v) is 9.83. The summed E-state index contributed by atoms with van der Waals surface area (Å²) in [5.74, 6) is 2.71. The molecule has 2 heteroatoms. The highest BCUT2D eigenvalue weighted by Crippen LogP contribution is 2.40. The van der Waals surface area contributed by atoms with Gasteiger partial charge in [-0.25, -0.2) is 8.78 Å². The van der Waals surface area contributed by atoms with E-state index in [1.165, 1.54) is 70.3 Å². The van der Waals surface area contributed by atoms with E-state index in [0.29, 0.717) is 5.92 Å². The summed E-state index contributed by atoms with van der Waals surface area (Å²) < 4.78 is 26.7. The lowest BCUT2D eigenvalue weighted by Gasteiger charge is -2.32. The molecule has 0 nitrogen and oxygen atoms in total. The Balaban J connectivity index is 1.39. The summed E-state index contributed by atoms with van der Waals surface area (Å²) in [6.45, 7) is 2.39. The Labute approximate surface area is 140 Å². The number of alkyl halides is 1. The van der Waals surface area contributed by atoms with E-state index in [4.69, 9.17) is 0 Å². The van der Waals surface area contributed by atoms with Crippen molar-refractivity contribution >= 4 is 0 Å². The molecule has 0 bridgehead atoms. The Morgan fingerprint density at radius 2 is 1.48 bits per heavy atom. The molecule has 0 aromatic heterocycles. The molecular weight excluding hydrogens is 290 g/mol. The summed E-state index contributed by atoms with van der Waals surface area (Å²) in [5, 5.41) is 0. The molecule has 0 spiro atoms. The fourth-order valence-electron chi connectivity index (χ4n) is 4.82. The lowest BCUT2D eigenvalue weighted by atomic mass is 9.74. The molecule has 0 aromatic carbocycles. The van der Waals surface area contributed by atoms with Crippen molar-refractivity contribution < 1.29 is 8.78 Å². The monoisotopic (exact) mass is 322 g/mol. The van der Waals surface area contributed by atoms with Crippen molar-refractivity contribution in [3.63, 3.8) is 0 Å². The van der Waals surface area contributed by atoms with Crippen molar-refractivity contribution in [3.05, 3.63) is 23.6 Å². The SMILES string of the molecule is CC1CCC(CCC2CCC(C3=CCC(F)C(F)=C3)CC2)CC1. The van der Waals surface area contributed by atoms with Crippen molar-refractivity contribution in [3.8, 4) is 0 Å². The standard InChI is InChI=1S/C21H32F2/c1-15-2-4-16(5-3-15)6-7-17-8-10-18(11-9-17)19-12-13-20(22)21(23)14-19/h12,14-18,20H,2-11,13H2,1H3. The van der Waals surface area contributed by atoms with Crippen LogP contribution in [0.3, 0.4) is 0 Å². The third-order valence-electron chi connectivity index (χ3n) is 6.60. The van der Waals surface area contributed by atoms with E-state index in [1.807, 2.05) is 6.08 Å². The third-order valence-corrected chi connectivity index (χ3v) is 6.60. The van der Waals surface area contributed by atoms with Crippen LogP contribution in [0.1, 0.15) is 77.6 Å². The van der Waals surface area contributed by atoms with Gasteiger partial charge < -0.3 is 0 Å². The maximum Gasteiger partial charge on any atom is 0.155 e. The number of hydrogen-bond acceptors (Lipinski definition) is 0. The maximum absolute atomic E-state index is 13.5. The van der Waals surface area contributed by atoms with E-state index in [2.05, 4.69) is 6.92 Å². The first kappa shape index (κ1) is 17.2. The summed E-state index contributed by atoms with van der Waals surface area (Å²) in [6.07, 6.45) is 15.7. The molecule has 0 aromatic rings. The van der Waals surface area contributed by atoms with E-state index in [1.54, 1.807) is 0 Å². The van der Waals surface area contributed by atoms with Crippen LogP contribution in [-0.4, -0.2) is 6.17 Å². The molecule has 0 N–H and O–H groups in total. The van der Waals surface area contributed by atoms with Gasteiger partial charge in [0.15, 0.2) is 6.17 Å². The van der Waals surface area contributed by atoms with Gasteiger partial charge in [0.2, 0.25) is 0 Å². The highest BCUT2D eigenvalue weighted by atomic mass is 19.2. The van der Waals surface area contributed by atoms with Gasteiger partial charge in [0.1, 0.15) is 5.83 Å². The molecular formula is C21H32F2. The molecule has 3 rings (SSSR count). The zero-order valence-electron chi connectivity index (χ0n) is 14.6. The van der Waals surface area contributed by atoms with Crippen LogP contribution < -0.4 is 0 Å². The van der Waals surface area contributed by atoms with Gasteiger partial charge in [-0.15, -0.1) is 0 Å². The molecule has 23 heavy (non-hydrogen) atoms. The maximum atomic E-state index is 13.5. The molecule has 1 atom stereocenters. The van der Waals surface area contributed by atoms with Gasteiger partial charge in [-0.05, 0) is 61.0 Å². The summed E-state index contributed by atoms with van der Waals surface area (Å²) in [6, 6.07) is 0. The Kier molecular flexibility index (Phi) is 5.93. The molecule has 0 amide bonds. The van der Waals surface area contributed by atoms with Crippen molar-refractivity contribution in [1.29, 1.82) is 0 Å². The zero-order valence-corrected chi connectivity index (χ0v) is 14.6. The average molecular weight is 322 g/mol. The molecule has 2 fully saturated rings. The van der Waals surface area contributed by atoms with Gasteiger partial charge in [-0.2, -0.15) is 0 Å². The van der Waals surface area contributed by atoms with Crippen LogP contribution in [0.25, 0.3) is 0 Å². The summed E-state index contributed by atoms with van der Waals surface area (Å²) in [4.78, 5) is 0. The van der Waals surface area contributed by atoms with Gasteiger partial charge >= 0.3 is 0 Å². The topological polar surface area (TPSA) is 0 Å². The Morgan fingerprint density at radius 3 is 2.04 bits per heavy atom. The fourth-order valence-corrected chi connectivity index (χ4v) is 4.82. The summed E-state index contributed by atoms with van der Waals surface area (Å²) in [7, 11) is 0. The van der Waals surface area contributed by atoms with Gasteiger partial charge in [-0.1, -0.05) is 51.5 Å². The number of allylic oxidation sites excluding steroid dienone is 4. The molecule has 0 saturated heterocycles. The van der Waals surface area contributed by atoms with E-state index in [0.717, 1.165) is 23.3 Å². The van der Waals surface area contributed by atoms with Crippen LogP contribution in [0.2, 0.25) is 0 Å². The van der Waals surface area contributed by atoms with E-state index in [9.17, 15) is 8.78 Å². The molecule has 0 heterocycles. The summed E-state index contributed by atoms with van der Waals surface area (Å²) in [5.41, 5.74) is 1.07. The third kappa shape index (κ3) is 4.67. The quantitative estimate of drug-likeness (QED) is 0.527. The molecule has 3 aliphatic carbocycles. The highest BCUT2D eigenvalue weighted by molar-refractivity contribution is 5.30. The largest absolute Gasteiger partial charge is 0.239 e. The molecule has 1 unspecified atom stereocenters. The van der Waals surface area contributed by atoms with Crippen LogP contribution in [0, 0.1) is 23.7 Å². The highest BCUT2D eigenvalue weighted by Gasteiger charge is 2.27. The van der Waals surface area contributed by atoms with Gasteiger partial charge in [0.25, 0.3) is 0 Å². The first-order chi connectivity index (χ1) is 11.1. The van der Waals surface area contributed by atoms with Crippen LogP contribution in [0.5, 0.6) is 0 Å². The summed E-state index contributed by atoms with van der Waals surface area (Å²) >= 11 is 0. The second-order valence-electron chi connectivity index (χ2n) is 8.36. The van der Waals surface area contributed by atoms with Crippen molar-refractivity contribution in [2.75, 3.05) is 0 Å². The van der Waals surface area contributed by atoms with Crippen molar-refractivity contribution in [2.24, 2.45) is 23.7 Å². The second-order valence-corrected chi connectivity index (χ2v) is 8.36. The molecule has 0 radical (unpaired) electrons. The predicted molar refractivity (Wildman–Crippen MR) is 92.6 cm³/mol. The van der Waals surface area contributed by atoms with Crippen LogP contribution in [-0.2, 0) is 0 Å². The van der Waals surface area contributed by atoms with Crippen LogP contribution in [0.15, 0.2) is 23.6 Å². The lowest BCUT2D eigenvalue weighted by Crippen LogP contribution is -2.19. The second kappa shape index (κ2) is 7.94. The average Bonchev–Trinajstić information content (AvgIpc) is 2.57. The number of rotatable bonds is 4. The molecule has 3 aliphatic rings. The van der Waals surface area contributed by atoms with Crippen LogP contribution in [0.4, 0.5) is 8.78 Å². The minimum absolute atomic E-state index is 0.234. The minimum atomic E-state index is -1.40. The van der Waals surface area contributed by atoms with Crippen molar-refractivity contribution in [1.82, 2.24) is 0 Å². The van der Waals surface area contributed by atoms with Crippen LogP contribution >= 0.6 is 0 Å². The molecule has 130 valence electrons. The Morgan fingerprint density at radius 1 is 0.913 bits per heavy atom. The van der Waals surface area contributed by atoms with Gasteiger partial charge in [0.05, 0.1) is 0 Å². The number of hydrogen-bond donors (Lipinski definition) is 0. The Hall–Kier alpha value is -0.660. The van der Waals surface area contributed by atoms with E-state index < -0.39 is 12.0 Å². The lowest BCUT2D eigenvalue weighted by molar-refractivity contribution is 0.231. The van der Waals surface area contributed by atoms with Crippen molar-refractivity contribution in [2.45, 2.75) is 83.7 Å². The Bertz CT molecular complexity index is 435. The van der Waals surface area contributed by atoms with Gasteiger partial charge in [0, 0.05) is 6.42 Å². The molecule has 0 aliphatic heterocycles. The fraction of sp³-hybridized carbons (Fsp3) is 0.810. The minimum Gasteiger partial charge on any atom is -0.239 e. The van der Waals surface area contributed by atoms with E-state index >= 15 is 0 Å².